The fourth-order valence-electron chi connectivity index (χ4n) is 1.99. The highest BCUT2D eigenvalue weighted by molar-refractivity contribution is 5.59. The minimum absolute atomic E-state index is 0.0909. The standard InChI is InChI=1S/C14H17N5O2/c1-3-18(10-11-7-5-4-6-8-11)13-12(19(20)21)9-16-14(15-2)17-13/h4-9H,3,10H2,1-2H3,(H,15,16,17). The van der Waals surface area contributed by atoms with Gasteiger partial charge in [0.1, 0.15) is 6.20 Å². The lowest BCUT2D eigenvalue weighted by Gasteiger charge is -2.22. The highest BCUT2D eigenvalue weighted by atomic mass is 16.6. The number of anilines is 2. The van der Waals surface area contributed by atoms with Crippen LogP contribution in [0.1, 0.15) is 12.5 Å². The van der Waals surface area contributed by atoms with Crippen LogP contribution in [0.15, 0.2) is 36.5 Å². The first kappa shape index (κ1) is 14.7. The van der Waals surface area contributed by atoms with Gasteiger partial charge in [-0.1, -0.05) is 30.3 Å². The molecule has 7 nitrogen and oxygen atoms in total. The normalized spacial score (nSPS) is 10.2. The number of benzene rings is 1. The molecule has 21 heavy (non-hydrogen) atoms. The summed E-state index contributed by atoms with van der Waals surface area (Å²) in [6.45, 7) is 3.10. The predicted octanol–water partition coefficient (Wildman–Crippen LogP) is 2.45. The highest BCUT2D eigenvalue weighted by Gasteiger charge is 2.22. The van der Waals surface area contributed by atoms with Gasteiger partial charge in [-0.15, -0.1) is 0 Å². The van der Waals surface area contributed by atoms with Crippen LogP contribution in [0.3, 0.4) is 0 Å². The molecule has 0 saturated carbocycles. The first-order chi connectivity index (χ1) is 10.2. The van der Waals surface area contributed by atoms with Crippen molar-refractivity contribution in [2.45, 2.75) is 13.5 Å². The van der Waals surface area contributed by atoms with Crippen molar-refractivity contribution in [2.24, 2.45) is 0 Å². The topological polar surface area (TPSA) is 84.2 Å². The molecule has 0 aliphatic rings. The van der Waals surface area contributed by atoms with Crippen LogP contribution >= 0.6 is 0 Å². The van der Waals surface area contributed by atoms with Crippen LogP contribution in [-0.4, -0.2) is 28.5 Å². The fraction of sp³-hybridized carbons (Fsp3) is 0.286. The van der Waals surface area contributed by atoms with E-state index in [0.29, 0.717) is 24.9 Å². The van der Waals surface area contributed by atoms with Crippen LogP contribution < -0.4 is 10.2 Å². The summed E-state index contributed by atoms with van der Waals surface area (Å²) in [6.07, 6.45) is 1.24. The van der Waals surface area contributed by atoms with Crippen molar-refractivity contribution in [3.8, 4) is 0 Å². The second kappa shape index (κ2) is 6.65. The van der Waals surface area contributed by atoms with E-state index in [4.69, 9.17) is 0 Å². The molecular formula is C14H17N5O2. The molecule has 1 aromatic heterocycles. The zero-order valence-corrected chi connectivity index (χ0v) is 12.0. The summed E-state index contributed by atoms with van der Waals surface area (Å²) >= 11 is 0. The van der Waals surface area contributed by atoms with E-state index in [2.05, 4.69) is 15.3 Å². The van der Waals surface area contributed by atoms with Crippen molar-refractivity contribution < 1.29 is 4.92 Å². The van der Waals surface area contributed by atoms with Gasteiger partial charge in [-0.25, -0.2) is 4.98 Å². The van der Waals surface area contributed by atoms with E-state index in [1.807, 2.05) is 42.2 Å². The average molecular weight is 287 g/mol. The lowest BCUT2D eigenvalue weighted by atomic mass is 10.2. The molecule has 1 heterocycles. The minimum Gasteiger partial charge on any atom is -0.357 e. The second-order valence-electron chi connectivity index (χ2n) is 4.41. The van der Waals surface area contributed by atoms with Crippen LogP contribution in [0, 0.1) is 10.1 Å². The summed E-state index contributed by atoms with van der Waals surface area (Å²) in [4.78, 5) is 20.7. The Bertz CT molecular complexity index is 618. The van der Waals surface area contributed by atoms with Gasteiger partial charge in [0, 0.05) is 20.1 Å². The maximum absolute atomic E-state index is 11.2. The van der Waals surface area contributed by atoms with Gasteiger partial charge < -0.3 is 10.2 Å². The van der Waals surface area contributed by atoms with Crippen LogP contribution in [0.2, 0.25) is 0 Å². The fourth-order valence-corrected chi connectivity index (χ4v) is 1.99. The van der Waals surface area contributed by atoms with Crippen LogP contribution in [0.25, 0.3) is 0 Å². The van der Waals surface area contributed by atoms with Gasteiger partial charge in [0.15, 0.2) is 0 Å². The predicted molar refractivity (Wildman–Crippen MR) is 81.4 cm³/mol. The van der Waals surface area contributed by atoms with E-state index in [1.54, 1.807) is 7.05 Å². The lowest BCUT2D eigenvalue weighted by Crippen LogP contribution is -2.24. The van der Waals surface area contributed by atoms with Crippen molar-refractivity contribution >= 4 is 17.5 Å². The third kappa shape index (κ3) is 3.44. The third-order valence-corrected chi connectivity index (χ3v) is 3.07. The molecule has 110 valence electrons. The Hall–Kier alpha value is -2.70. The monoisotopic (exact) mass is 287 g/mol. The first-order valence-electron chi connectivity index (χ1n) is 6.63. The van der Waals surface area contributed by atoms with Gasteiger partial charge in [0.25, 0.3) is 0 Å². The number of nitrogens with one attached hydrogen (secondary N) is 1. The smallest absolute Gasteiger partial charge is 0.329 e. The van der Waals surface area contributed by atoms with E-state index in [1.165, 1.54) is 6.20 Å². The Morgan fingerprint density at radius 3 is 2.62 bits per heavy atom. The second-order valence-corrected chi connectivity index (χ2v) is 4.41. The van der Waals surface area contributed by atoms with Gasteiger partial charge in [-0.05, 0) is 12.5 Å². The van der Waals surface area contributed by atoms with E-state index in [-0.39, 0.29) is 5.69 Å². The molecule has 1 aromatic carbocycles. The Balaban J connectivity index is 2.38. The minimum atomic E-state index is -0.456. The Morgan fingerprint density at radius 2 is 2.05 bits per heavy atom. The van der Waals surface area contributed by atoms with Gasteiger partial charge in [0.05, 0.1) is 4.92 Å². The van der Waals surface area contributed by atoms with Crippen molar-refractivity contribution in [1.82, 2.24) is 9.97 Å². The maximum Gasteiger partial charge on any atom is 0.329 e. The molecule has 2 rings (SSSR count). The SMILES string of the molecule is CCN(Cc1ccccc1)c1nc(NC)ncc1[N+](=O)[O-]. The number of hydrogen-bond acceptors (Lipinski definition) is 6. The molecule has 0 aliphatic carbocycles. The van der Waals surface area contributed by atoms with Gasteiger partial charge in [-0.3, -0.25) is 10.1 Å². The molecule has 1 N–H and O–H groups in total. The molecule has 0 amide bonds. The van der Waals surface area contributed by atoms with E-state index < -0.39 is 4.92 Å². The summed E-state index contributed by atoms with van der Waals surface area (Å²) < 4.78 is 0. The Kier molecular flexibility index (Phi) is 4.65. The molecule has 0 aliphatic heterocycles. The molecule has 0 bridgehead atoms. The lowest BCUT2D eigenvalue weighted by molar-refractivity contribution is -0.384. The number of nitrogens with zero attached hydrogens (tertiary/aromatic N) is 4. The van der Waals surface area contributed by atoms with E-state index in [9.17, 15) is 10.1 Å². The van der Waals surface area contributed by atoms with E-state index in [0.717, 1.165) is 5.56 Å². The number of nitro groups is 1. The molecular weight excluding hydrogens is 270 g/mol. The zero-order chi connectivity index (χ0) is 15.2. The maximum atomic E-state index is 11.2. The van der Waals surface area contributed by atoms with Gasteiger partial charge >= 0.3 is 5.69 Å². The summed E-state index contributed by atoms with van der Waals surface area (Å²) in [7, 11) is 1.68. The summed E-state index contributed by atoms with van der Waals surface area (Å²) in [5.41, 5.74) is 0.977. The third-order valence-electron chi connectivity index (χ3n) is 3.07. The highest BCUT2D eigenvalue weighted by Crippen LogP contribution is 2.27. The summed E-state index contributed by atoms with van der Waals surface area (Å²) in [5, 5.41) is 14.0. The molecule has 0 radical (unpaired) electrons. The molecule has 0 atom stereocenters. The van der Waals surface area contributed by atoms with Crippen LogP contribution in [0.5, 0.6) is 0 Å². The van der Waals surface area contributed by atoms with E-state index >= 15 is 0 Å². The Labute approximate surface area is 122 Å². The largest absolute Gasteiger partial charge is 0.357 e. The summed E-state index contributed by atoms with van der Waals surface area (Å²) in [6, 6.07) is 9.78. The Morgan fingerprint density at radius 1 is 1.33 bits per heavy atom. The molecule has 0 unspecified atom stereocenters. The van der Waals surface area contributed by atoms with Crippen LogP contribution in [0.4, 0.5) is 17.5 Å². The van der Waals surface area contributed by atoms with Gasteiger partial charge in [0.2, 0.25) is 11.8 Å². The molecule has 0 fully saturated rings. The average Bonchev–Trinajstić information content (AvgIpc) is 2.52. The van der Waals surface area contributed by atoms with Crippen molar-refractivity contribution in [1.29, 1.82) is 0 Å². The van der Waals surface area contributed by atoms with Crippen LogP contribution in [-0.2, 0) is 6.54 Å². The molecule has 7 heteroatoms. The summed E-state index contributed by atoms with van der Waals surface area (Å²) in [5.74, 6) is 0.688. The van der Waals surface area contributed by atoms with Crippen molar-refractivity contribution in [2.75, 3.05) is 23.8 Å². The first-order valence-corrected chi connectivity index (χ1v) is 6.63. The quantitative estimate of drug-likeness (QED) is 0.649. The number of hydrogen-bond donors (Lipinski definition) is 1. The molecule has 2 aromatic rings. The van der Waals surface area contributed by atoms with Crippen molar-refractivity contribution in [3.05, 3.63) is 52.2 Å². The molecule has 0 saturated heterocycles. The number of rotatable bonds is 6. The zero-order valence-electron chi connectivity index (χ0n) is 12.0. The molecule has 0 spiro atoms. The number of aromatic nitrogens is 2. The van der Waals surface area contributed by atoms with Crippen molar-refractivity contribution in [3.63, 3.8) is 0 Å². The van der Waals surface area contributed by atoms with Gasteiger partial charge in [-0.2, -0.15) is 4.98 Å².